The molecule has 0 fully saturated rings. The molecule has 18 heavy (non-hydrogen) atoms. The average Bonchev–Trinajstić information content (AvgIpc) is 2.73. The Kier molecular flexibility index (Phi) is 3.06. The number of carbonyl (C=O) groups excluding carboxylic acids is 1. The first kappa shape index (κ1) is 11.8. The van der Waals surface area contributed by atoms with Crippen molar-refractivity contribution >= 4 is 11.7 Å². The SMILES string of the molecule is N#Cc1cnn(C(=O)Cc2ccccc2F)c1N. The zero-order chi connectivity index (χ0) is 13.1. The summed E-state index contributed by atoms with van der Waals surface area (Å²) in [4.78, 5) is 11.9. The molecule has 2 rings (SSSR count). The van der Waals surface area contributed by atoms with Crippen LogP contribution in [-0.2, 0) is 6.42 Å². The molecule has 0 radical (unpaired) electrons. The minimum Gasteiger partial charge on any atom is -0.382 e. The largest absolute Gasteiger partial charge is 0.382 e. The molecule has 0 spiro atoms. The fourth-order valence-corrected chi connectivity index (χ4v) is 1.52. The number of nitrogens with zero attached hydrogens (tertiary/aromatic N) is 3. The number of hydrogen-bond acceptors (Lipinski definition) is 4. The van der Waals surface area contributed by atoms with Crippen molar-refractivity contribution < 1.29 is 9.18 Å². The Balaban J connectivity index is 2.26. The van der Waals surface area contributed by atoms with E-state index >= 15 is 0 Å². The highest BCUT2D eigenvalue weighted by molar-refractivity contribution is 5.84. The molecule has 1 heterocycles. The van der Waals surface area contributed by atoms with Gasteiger partial charge in [-0.25, -0.2) is 4.39 Å². The predicted octanol–water partition coefficient (Wildman–Crippen LogP) is 1.36. The molecule has 0 aliphatic heterocycles. The molecular formula is C12H9FN4O. The van der Waals surface area contributed by atoms with Crippen molar-refractivity contribution in [3.05, 3.63) is 47.4 Å². The highest BCUT2D eigenvalue weighted by atomic mass is 19.1. The second-order valence-electron chi connectivity index (χ2n) is 3.63. The van der Waals surface area contributed by atoms with Crippen LogP contribution in [0.5, 0.6) is 0 Å². The van der Waals surface area contributed by atoms with Crippen LogP contribution >= 0.6 is 0 Å². The van der Waals surface area contributed by atoms with Gasteiger partial charge in [-0.15, -0.1) is 0 Å². The van der Waals surface area contributed by atoms with Crippen LogP contribution < -0.4 is 5.73 Å². The molecular weight excluding hydrogens is 235 g/mol. The lowest BCUT2D eigenvalue weighted by Crippen LogP contribution is -2.18. The Morgan fingerprint density at radius 1 is 1.50 bits per heavy atom. The lowest BCUT2D eigenvalue weighted by atomic mass is 10.1. The number of nitrogens with two attached hydrogens (primary N) is 1. The Labute approximate surface area is 102 Å². The summed E-state index contributed by atoms with van der Waals surface area (Å²) in [7, 11) is 0. The van der Waals surface area contributed by atoms with E-state index in [1.54, 1.807) is 12.1 Å². The van der Waals surface area contributed by atoms with E-state index in [2.05, 4.69) is 5.10 Å². The molecule has 0 aliphatic rings. The fraction of sp³-hybridized carbons (Fsp3) is 0.0833. The van der Waals surface area contributed by atoms with Crippen LogP contribution in [0, 0.1) is 17.1 Å². The number of aromatic nitrogens is 2. The summed E-state index contributed by atoms with van der Waals surface area (Å²) in [5, 5.41) is 12.4. The summed E-state index contributed by atoms with van der Waals surface area (Å²) in [5.74, 6) is -0.977. The summed E-state index contributed by atoms with van der Waals surface area (Å²) in [6.45, 7) is 0. The third-order valence-corrected chi connectivity index (χ3v) is 2.46. The summed E-state index contributed by atoms with van der Waals surface area (Å²) >= 11 is 0. The van der Waals surface area contributed by atoms with E-state index in [1.807, 2.05) is 6.07 Å². The number of rotatable bonds is 2. The zero-order valence-corrected chi connectivity index (χ0v) is 9.30. The van der Waals surface area contributed by atoms with Crippen molar-refractivity contribution in [2.24, 2.45) is 0 Å². The second kappa shape index (κ2) is 4.67. The highest BCUT2D eigenvalue weighted by Gasteiger charge is 2.15. The fourth-order valence-electron chi connectivity index (χ4n) is 1.52. The first-order chi connectivity index (χ1) is 8.63. The van der Waals surface area contributed by atoms with Gasteiger partial charge in [-0.2, -0.15) is 15.0 Å². The Morgan fingerprint density at radius 3 is 2.83 bits per heavy atom. The maximum absolute atomic E-state index is 13.4. The maximum Gasteiger partial charge on any atom is 0.253 e. The van der Waals surface area contributed by atoms with Crippen LogP contribution in [0.3, 0.4) is 0 Å². The van der Waals surface area contributed by atoms with Crippen LogP contribution in [-0.4, -0.2) is 15.7 Å². The van der Waals surface area contributed by atoms with Gasteiger partial charge in [-0.3, -0.25) is 4.79 Å². The number of benzene rings is 1. The van der Waals surface area contributed by atoms with Gasteiger partial charge in [0.2, 0.25) is 0 Å². The zero-order valence-electron chi connectivity index (χ0n) is 9.30. The van der Waals surface area contributed by atoms with E-state index in [0.29, 0.717) is 0 Å². The minimum absolute atomic E-state index is 0.0289. The van der Waals surface area contributed by atoms with Gasteiger partial charge in [0.1, 0.15) is 23.3 Å². The summed E-state index contributed by atoms with van der Waals surface area (Å²) in [5.41, 5.74) is 5.95. The number of carbonyl (C=O) groups is 1. The highest BCUT2D eigenvalue weighted by Crippen LogP contribution is 2.12. The van der Waals surface area contributed by atoms with E-state index < -0.39 is 11.7 Å². The summed E-state index contributed by atoms with van der Waals surface area (Å²) < 4.78 is 14.3. The maximum atomic E-state index is 13.4. The van der Waals surface area contributed by atoms with Gasteiger partial charge in [0.15, 0.2) is 0 Å². The molecule has 2 N–H and O–H groups in total. The lowest BCUT2D eigenvalue weighted by Gasteiger charge is -2.04. The Morgan fingerprint density at radius 2 is 2.22 bits per heavy atom. The molecule has 5 nitrogen and oxygen atoms in total. The predicted molar refractivity (Wildman–Crippen MR) is 62.1 cm³/mol. The number of anilines is 1. The molecule has 0 aliphatic carbocycles. The third-order valence-electron chi connectivity index (χ3n) is 2.46. The summed E-state index contributed by atoms with van der Waals surface area (Å²) in [6.07, 6.45) is 1.04. The first-order valence-corrected chi connectivity index (χ1v) is 5.13. The van der Waals surface area contributed by atoms with E-state index in [9.17, 15) is 9.18 Å². The van der Waals surface area contributed by atoms with Gasteiger partial charge in [-0.05, 0) is 11.6 Å². The Hall–Kier alpha value is -2.68. The molecule has 0 bridgehead atoms. The van der Waals surface area contributed by atoms with E-state index in [-0.39, 0.29) is 23.4 Å². The molecule has 0 unspecified atom stereocenters. The van der Waals surface area contributed by atoms with Crippen LogP contribution in [0.4, 0.5) is 10.2 Å². The third kappa shape index (κ3) is 2.06. The van der Waals surface area contributed by atoms with Gasteiger partial charge in [0, 0.05) is 0 Å². The van der Waals surface area contributed by atoms with E-state index in [0.717, 1.165) is 4.68 Å². The quantitative estimate of drug-likeness (QED) is 0.864. The normalized spacial score (nSPS) is 10.0. The van der Waals surface area contributed by atoms with Crippen LogP contribution in [0.25, 0.3) is 0 Å². The minimum atomic E-state index is -0.487. The Bertz CT molecular complexity index is 642. The smallest absolute Gasteiger partial charge is 0.253 e. The molecule has 0 saturated carbocycles. The molecule has 1 aromatic carbocycles. The molecule has 0 saturated heterocycles. The van der Waals surface area contributed by atoms with Crippen LogP contribution in [0.2, 0.25) is 0 Å². The van der Waals surface area contributed by atoms with Crippen LogP contribution in [0.1, 0.15) is 15.9 Å². The molecule has 0 amide bonds. The van der Waals surface area contributed by atoms with Crippen molar-refractivity contribution in [1.82, 2.24) is 9.78 Å². The van der Waals surface area contributed by atoms with Crippen molar-refractivity contribution in [2.75, 3.05) is 5.73 Å². The molecule has 90 valence electrons. The molecule has 0 atom stereocenters. The number of halogens is 1. The van der Waals surface area contributed by atoms with Crippen molar-refractivity contribution in [3.8, 4) is 6.07 Å². The van der Waals surface area contributed by atoms with E-state index in [1.165, 1.54) is 18.3 Å². The van der Waals surface area contributed by atoms with Gasteiger partial charge >= 0.3 is 0 Å². The van der Waals surface area contributed by atoms with Crippen molar-refractivity contribution in [2.45, 2.75) is 6.42 Å². The number of nitriles is 1. The number of nitrogen functional groups attached to an aromatic ring is 1. The van der Waals surface area contributed by atoms with Crippen LogP contribution in [0.15, 0.2) is 30.5 Å². The van der Waals surface area contributed by atoms with Crippen molar-refractivity contribution in [3.63, 3.8) is 0 Å². The first-order valence-electron chi connectivity index (χ1n) is 5.13. The monoisotopic (exact) mass is 244 g/mol. The molecule has 6 heteroatoms. The molecule has 1 aromatic heterocycles. The van der Waals surface area contributed by atoms with Gasteiger partial charge in [0.05, 0.1) is 12.6 Å². The summed E-state index contributed by atoms with van der Waals surface area (Å²) in [6, 6.07) is 7.78. The topological polar surface area (TPSA) is 84.7 Å². The average molecular weight is 244 g/mol. The van der Waals surface area contributed by atoms with E-state index in [4.69, 9.17) is 11.0 Å². The van der Waals surface area contributed by atoms with Gasteiger partial charge in [-0.1, -0.05) is 18.2 Å². The lowest BCUT2D eigenvalue weighted by molar-refractivity contribution is 0.0900. The van der Waals surface area contributed by atoms with Gasteiger partial charge in [0.25, 0.3) is 5.91 Å². The molecule has 2 aromatic rings. The standard InChI is InChI=1S/C12H9FN4O/c13-10-4-2-1-3-8(10)5-11(18)17-12(15)9(6-14)7-16-17/h1-4,7H,5,15H2. The second-order valence-corrected chi connectivity index (χ2v) is 3.63. The number of hydrogen-bond donors (Lipinski definition) is 1. The van der Waals surface area contributed by atoms with Crippen molar-refractivity contribution in [1.29, 1.82) is 5.26 Å². The van der Waals surface area contributed by atoms with Gasteiger partial charge < -0.3 is 5.73 Å².